The molecule has 0 bridgehead atoms. The molecule has 1 aromatic heterocycles. The standard InChI is InChI=1S/C47H28O2S/c1-3-14-29(15-4-1)31-26-32(30-16-5-2-6-17-30)28-33(27-31)34-20-13-22-38-42(34)35-18-7-9-21-37(35)47(38)45-44(48-39-23-10-11-24-40(39)49-45)43-36-19-8-12-25-41(36)50-46(43)47/h1-28H. The third kappa shape index (κ3) is 3.73. The summed E-state index contributed by atoms with van der Waals surface area (Å²) in [6.07, 6.45) is 0. The molecule has 0 N–H and O–H groups in total. The number of benzene rings is 7. The summed E-state index contributed by atoms with van der Waals surface area (Å²) < 4.78 is 15.2. The molecule has 234 valence electrons. The predicted octanol–water partition coefficient (Wildman–Crippen LogP) is 12.4. The van der Waals surface area contributed by atoms with Crippen LogP contribution < -0.4 is 9.47 Å². The Labute approximate surface area is 294 Å². The van der Waals surface area contributed by atoms with Crippen LogP contribution in [0.5, 0.6) is 11.5 Å². The minimum absolute atomic E-state index is 0.664. The maximum Gasteiger partial charge on any atom is 0.176 e. The zero-order valence-corrected chi connectivity index (χ0v) is 27.7. The quantitative estimate of drug-likeness (QED) is 0.188. The highest BCUT2D eigenvalue weighted by atomic mass is 32.1. The lowest BCUT2D eigenvalue weighted by Crippen LogP contribution is -2.30. The normalized spacial score (nSPS) is 16.3. The molecule has 8 aromatic rings. The first-order chi connectivity index (χ1) is 24.8. The van der Waals surface area contributed by atoms with E-state index in [9.17, 15) is 0 Å². The summed E-state index contributed by atoms with van der Waals surface area (Å²) in [6, 6.07) is 60.9. The van der Waals surface area contributed by atoms with Crippen molar-refractivity contribution in [2.45, 2.75) is 5.41 Å². The lowest BCUT2D eigenvalue weighted by atomic mass is 9.76. The number of hydrogen-bond acceptors (Lipinski definition) is 3. The fraction of sp³-hybridized carbons (Fsp3) is 0.0213. The summed E-state index contributed by atoms with van der Waals surface area (Å²) >= 11 is 1.85. The van der Waals surface area contributed by atoms with E-state index in [1.54, 1.807) is 0 Å². The van der Waals surface area contributed by atoms with Crippen LogP contribution in [0.25, 0.3) is 60.4 Å². The molecule has 0 saturated heterocycles. The van der Waals surface area contributed by atoms with Gasteiger partial charge in [-0.25, -0.2) is 0 Å². The summed E-state index contributed by atoms with van der Waals surface area (Å²) in [6.45, 7) is 0. The second-order valence-corrected chi connectivity index (χ2v) is 14.2. The number of hydrogen-bond donors (Lipinski definition) is 0. The molecule has 3 heteroatoms. The van der Waals surface area contributed by atoms with E-state index in [-0.39, 0.29) is 0 Å². The summed E-state index contributed by atoms with van der Waals surface area (Å²) in [7, 11) is 0. The predicted molar refractivity (Wildman–Crippen MR) is 205 cm³/mol. The van der Waals surface area contributed by atoms with E-state index in [1.165, 1.54) is 70.6 Å². The van der Waals surface area contributed by atoms with Crippen molar-refractivity contribution in [1.82, 2.24) is 0 Å². The molecule has 3 aliphatic rings. The Kier molecular flexibility index (Phi) is 5.78. The third-order valence-electron chi connectivity index (χ3n) is 10.5. The molecule has 7 aromatic carbocycles. The number of allylic oxidation sites excluding steroid dienone is 1. The minimum Gasteiger partial charge on any atom is -0.452 e. The zero-order valence-electron chi connectivity index (χ0n) is 26.9. The lowest BCUT2D eigenvalue weighted by Gasteiger charge is -2.32. The Morgan fingerprint density at radius 1 is 0.420 bits per heavy atom. The molecular weight excluding hydrogens is 629 g/mol. The molecule has 1 aliphatic heterocycles. The molecule has 0 radical (unpaired) electrons. The van der Waals surface area contributed by atoms with E-state index in [0.29, 0.717) is 0 Å². The van der Waals surface area contributed by atoms with E-state index in [4.69, 9.17) is 9.47 Å². The van der Waals surface area contributed by atoms with Crippen molar-refractivity contribution in [1.29, 1.82) is 0 Å². The zero-order chi connectivity index (χ0) is 32.8. The first kappa shape index (κ1) is 27.8. The van der Waals surface area contributed by atoms with Crippen LogP contribution in [0.3, 0.4) is 0 Å². The molecule has 2 heterocycles. The van der Waals surface area contributed by atoms with Crippen molar-refractivity contribution in [2.24, 2.45) is 0 Å². The fourth-order valence-electron chi connectivity index (χ4n) is 8.42. The van der Waals surface area contributed by atoms with Crippen LogP contribution in [0.15, 0.2) is 176 Å². The number of ether oxygens (including phenoxy) is 2. The van der Waals surface area contributed by atoms with Gasteiger partial charge in [-0.05, 0) is 92.0 Å². The maximum absolute atomic E-state index is 7.06. The highest BCUT2D eigenvalue weighted by molar-refractivity contribution is 7.19. The van der Waals surface area contributed by atoms with Crippen LogP contribution in [-0.4, -0.2) is 0 Å². The summed E-state index contributed by atoms with van der Waals surface area (Å²) in [5, 5.41) is 1.20. The highest BCUT2D eigenvalue weighted by Gasteiger charge is 2.59. The molecule has 0 saturated carbocycles. The summed E-state index contributed by atoms with van der Waals surface area (Å²) in [5.74, 6) is 3.17. The topological polar surface area (TPSA) is 18.5 Å². The van der Waals surface area contributed by atoms with Gasteiger partial charge in [0.25, 0.3) is 0 Å². The van der Waals surface area contributed by atoms with Gasteiger partial charge in [0, 0.05) is 20.5 Å². The molecule has 0 amide bonds. The first-order valence-corrected chi connectivity index (χ1v) is 17.8. The maximum atomic E-state index is 7.06. The number of para-hydroxylation sites is 2. The van der Waals surface area contributed by atoms with Crippen LogP contribution in [0.1, 0.15) is 21.6 Å². The summed E-state index contributed by atoms with van der Waals surface area (Å²) in [5.41, 5.74) is 12.6. The van der Waals surface area contributed by atoms with E-state index in [2.05, 4.69) is 146 Å². The second-order valence-electron chi connectivity index (χ2n) is 13.2. The summed E-state index contributed by atoms with van der Waals surface area (Å²) in [4.78, 5) is 1.25. The molecular formula is C47H28O2S. The van der Waals surface area contributed by atoms with Gasteiger partial charge in [0.2, 0.25) is 0 Å². The van der Waals surface area contributed by atoms with Gasteiger partial charge in [0.1, 0.15) is 5.41 Å². The Hall–Kier alpha value is -6.16. The molecule has 2 aliphatic carbocycles. The van der Waals surface area contributed by atoms with Gasteiger partial charge in [-0.3, -0.25) is 0 Å². The average Bonchev–Trinajstić information content (AvgIpc) is 3.81. The molecule has 2 nitrogen and oxygen atoms in total. The number of rotatable bonds is 3. The fourth-order valence-corrected chi connectivity index (χ4v) is 9.83. The molecule has 0 fully saturated rings. The van der Waals surface area contributed by atoms with Crippen LogP contribution >= 0.6 is 11.3 Å². The van der Waals surface area contributed by atoms with Gasteiger partial charge in [-0.1, -0.05) is 133 Å². The van der Waals surface area contributed by atoms with Crippen LogP contribution in [-0.2, 0) is 5.41 Å². The van der Waals surface area contributed by atoms with Gasteiger partial charge in [-0.2, -0.15) is 0 Å². The van der Waals surface area contributed by atoms with Gasteiger partial charge in [0.15, 0.2) is 23.0 Å². The second kappa shape index (κ2) is 10.4. The molecule has 11 rings (SSSR count). The van der Waals surface area contributed by atoms with Crippen molar-refractivity contribution in [2.75, 3.05) is 0 Å². The Bertz CT molecular complexity index is 2650. The smallest absolute Gasteiger partial charge is 0.176 e. The molecule has 1 atom stereocenters. The molecule has 50 heavy (non-hydrogen) atoms. The highest BCUT2D eigenvalue weighted by Crippen LogP contribution is 2.67. The number of fused-ring (bicyclic) bond motifs is 12. The van der Waals surface area contributed by atoms with Gasteiger partial charge < -0.3 is 9.47 Å². The van der Waals surface area contributed by atoms with E-state index >= 15 is 0 Å². The van der Waals surface area contributed by atoms with E-state index in [0.717, 1.165) is 28.6 Å². The lowest BCUT2D eigenvalue weighted by molar-refractivity contribution is 0.317. The van der Waals surface area contributed by atoms with Gasteiger partial charge in [-0.15, -0.1) is 11.3 Å². The molecule has 1 spiro atoms. The van der Waals surface area contributed by atoms with Gasteiger partial charge in [0.05, 0.1) is 0 Å². The largest absolute Gasteiger partial charge is 0.452 e. The minimum atomic E-state index is -0.664. The van der Waals surface area contributed by atoms with Crippen molar-refractivity contribution in [3.05, 3.63) is 197 Å². The van der Waals surface area contributed by atoms with Crippen molar-refractivity contribution in [3.63, 3.8) is 0 Å². The average molecular weight is 657 g/mol. The Morgan fingerprint density at radius 3 is 1.76 bits per heavy atom. The van der Waals surface area contributed by atoms with Crippen LogP contribution in [0.4, 0.5) is 0 Å². The van der Waals surface area contributed by atoms with Gasteiger partial charge >= 0.3 is 0 Å². The van der Waals surface area contributed by atoms with E-state index < -0.39 is 5.41 Å². The van der Waals surface area contributed by atoms with Crippen LogP contribution in [0, 0.1) is 0 Å². The monoisotopic (exact) mass is 656 g/mol. The first-order valence-electron chi connectivity index (χ1n) is 17.0. The van der Waals surface area contributed by atoms with Crippen LogP contribution in [0.2, 0.25) is 0 Å². The Balaban J connectivity index is 1.22. The SMILES string of the molecule is c1ccc(-c2cc(-c3ccccc3)cc(-c3cccc4c3-c3ccccc3C43C4=C(Oc5ccccc5O4)c4c3sc3ccccc43)c2)cc1. The van der Waals surface area contributed by atoms with Crippen molar-refractivity contribution >= 4 is 27.2 Å². The Morgan fingerprint density at radius 2 is 1.00 bits per heavy atom. The van der Waals surface area contributed by atoms with Crippen molar-refractivity contribution < 1.29 is 9.47 Å². The van der Waals surface area contributed by atoms with E-state index in [1.807, 2.05) is 35.6 Å². The molecule has 1 unspecified atom stereocenters. The third-order valence-corrected chi connectivity index (χ3v) is 11.8. The van der Waals surface area contributed by atoms with Crippen molar-refractivity contribution in [3.8, 4) is 56.0 Å². The number of thiophene rings is 1.